The predicted octanol–water partition coefficient (Wildman–Crippen LogP) is 2.46. The van der Waals surface area contributed by atoms with Crippen LogP contribution in [0.15, 0.2) is 18.2 Å². The van der Waals surface area contributed by atoms with Gasteiger partial charge in [-0.15, -0.1) is 0 Å². The fourth-order valence-corrected chi connectivity index (χ4v) is 2.68. The van der Waals surface area contributed by atoms with Crippen molar-refractivity contribution in [3.8, 4) is 0 Å². The zero-order valence-electron chi connectivity index (χ0n) is 11.8. The number of carbonyl (C=O) groups excluding carboxylic acids is 1. The van der Waals surface area contributed by atoms with E-state index in [0.29, 0.717) is 5.02 Å². The second-order valence-corrected chi connectivity index (χ2v) is 5.54. The minimum Gasteiger partial charge on any atom is -0.349 e. The summed E-state index contributed by atoms with van der Waals surface area (Å²) in [4.78, 5) is 25.0. The molecule has 2 rings (SSSR count). The fourth-order valence-electron chi connectivity index (χ4n) is 2.51. The van der Waals surface area contributed by atoms with E-state index in [4.69, 9.17) is 11.6 Å². The first kappa shape index (κ1) is 15.7. The number of benzene rings is 1. The average Bonchev–Trinajstić information content (AvgIpc) is 2.47. The molecule has 1 aromatic carbocycles. The lowest BCUT2D eigenvalue weighted by Gasteiger charge is -2.31. The lowest BCUT2D eigenvalue weighted by atomic mass is 10.0. The smallest absolute Gasteiger partial charge is 0.282 e. The predicted molar refractivity (Wildman–Crippen MR) is 80.7 cm³/mol. The normalized spacial score (nSPS) is 16.7. The van der Waals surface area contributed by atoms with Crippen molar-refractivity contribution in [1.82, 2.24) is 10.2 Å². The van der Waals surface area contributed by atoms with Crippen LogP contribution in [-0.4, -0.2) is 41.4 Å². The van der Waals surface area contributed by atoms with E-state index < -0.39 is 10.8 Å². The van der Waals surface area contributed by atoms with Crippen LogP contribution in [0.4, 0.5) is 5.69 Å². The molecule has 1 N–H and O–H groups in total. The maximum Gasteiger partial charge on any atom is 0.282 e. The van der Waals surface area contributed by atoms with Gasteiger partial charge in [0.1, 0.15) is 5.56 Å². The molecule has 0 bridgehead atoms. The summed E-state index contributed by atoms with van der Waals surface area (Å²) in [6.07, 6.45) is 1.71. The van der Waals surface area contributed by atoms with Gasteiger partial charge in [0, 0.05) is 30.2 Å². The van der Waals surface area contributed by atoms with Crippen LogP contribution in [0.1, 0.15) is 30.1 Å². The fraction of sp³-hybridized carbons (Fsp3) is 0.500. The van der Waals surface area contributed by atoms with E-state index in [-0.39, 0.29) is 17.3 Å². The molecule has 114 valence electrons. The molecule has 0 unspecified atom stereocenters. The van der Waals surface area contributed by atoms with E-state index in [1.165, 1.54) is 18.2 Å². The molecule has 1 aromatic rings. The number of nitrogens with one attached hydrogen (secondary N) is 1. The molecule has 1 fully saturated rings. The highest BCUT2D eigenvalue weighted by molar-refractivity contribution is 6.31. The molecule has 1 heterocycles. The summed E-state index contributed by atoms with van der Waals surface area (Å²) in [6, 6.07) is 4.07. The quantitative estimate of drug-likeness (QED) is 0.684. The van der Waals surface area contributed by atoms with Crippen LogP contribution in [0, 0.1) is 10.1 Å². The Balaban J connectivity index is 2.07. The SMILES string of the molecule is CCN1CCC(NC(=O)c2cc(Cl)ccc2[N+](=O)[O-])CC1. The number of rotatable bonds is 4. The molecule has 7 heteroatoms. The number of nitro benzene ring substituents is 1. The van der Waals surface area contributed by atoms with Crippen LogP contribution in [0.2, 0.25) is 5.02 Å². The number of amides is 1. The molecule has 0 spiro atoms. The van der Waals surface area contributed by atoms with E-state index in [2.05, 4.69) is 17.1 Å². The maximum absolute atomic E-state index is 12.3. The molecule has 1 saturated heterocycles. The molecule has 1 aliphatic heterocycles. The van der Waals surface area contributed by atoms with Crippen molar-refractivity contribution in [2.75, 3.05) is 19.6 Å². The average molecular weight is 312 g/mol. The van der Waals surface area contributed by atoms with Crippen molar-refractivity contribution in [2.45, 2.75) is 25.8 Å². The number of halogens is 1. The number of hydrogen-bond acceptors (Lipinski definition) is 4. The summed E-state index contributed by atoms with van der Waals surface area (Å²) in [5.41, 5.74) is -0.201. The molecule has 0 aromatic heterocycles. The van der Waals surface area contributed by atoms with Gasteiger partial charge in [0.15, 0.2) is 0 Å². The van der Waals surface area contributed by atoms with Gasteiger partial charge < -0.3 is 10.2 Å². The highest BCUT2D eigenvalue weighted by Crippen LogP contribution is 2.23. The van der Waals surface area contributed by atoms with Crippen molar-refractivity contribution in [1.29, 1.82) is 0 Å². The molecular formula is C14H18ClN3O3. The molecule has 1 amide bonds. The van der Waals surface area contributed by atoms with Gasteiger partial charge in [0.2, 0.25) is 0 Å². The highest BCUT2D eigenvalue weighted by Gasteiger charge is 2.24. The van der Waals surface area contributed by atoms with Crippen molar-refractivity contribution in [2.24, 2.45) is 0 Å². The third-order valence-corrected chi connectivity index (χ3v) is 4.01. The molecule has 6 nitrogen and oxygen atoms in total. The molecule has 21 heavy (non-hydrogen) atoms. The Bertz CT molecular complexity index is 542. The summed E-state index contributed by atoms with van der Waals surface area (Å²) in [6.45, 7) is 4.97. The molecular weight excluding hydrogens is 294 g/mol. The first-order valence-corrected chi connectivity index (χ1v) is 7.36. The second-order valence-electron chi connectivity index (χ2n) is 5.10. The van der Waals surface area contributed by atoms with Gasteiger partial charge in [-0.1, -0.05) is 18.5 Å². The van der Waals surface area contributed by atoms with Gasteiger partial charge in [0.25, 0.3) is 11.6 Å². The summed E-state index contributed by atoms with van der Waals surface area (Å²) < 4.78 is 0. The summed E-state index contributed by atoms with van der Waals surface area (Å²) in [7, 11) is 0. The lowest BCUT2D eigenvalue weighted by Crippen LogP contribution is -2.44. The van der Waals surface area contributed by atoms with E-state index in [1.807, 2.05) is 0 Å². The van der Waals surface area contributed by atoms with Crippen LogP contribution in [0.3, 0.4) is 0 Å². The van der Waals surface area contributed by atoms with Crippen LogP contribution < -0.4 is 5.32 Å². The van der Waals surface area contributed by atoms with Crippen LogP contribution in [0.5, 0.6) is 0 Å². The summed E-state index contributed by atoms with van der Waals surface area (Å²) in [5.74, 6) is -0.431. The minimum atomic E-state index is -0.565. The Hall–Kier alpha value is -1.66. The first-order chi connectivity index (χ1) is 10.0. The number of nitro groups is 1. The third kappa shape index (κ3) is 3.92. The Morgan fingerprint density at radius 3 is 2.71 bits per heavy atom. The second kappa shape index (κ2) is 6.87. The van der Waals surface area contributed by atoms with Gasteiger partial charge in [0.05, 0.1) is 4.92 Å². The Kier molecular flexibility index (Phi) is 5.14. The highest BCUT2D eigenvalue weighted by atomic mass is 35.5. The monoisotopic (exact) mass is 311 g/mol. The van der Waals surface area contributed by atoms with E-state index in [0.717, 1.165) is 32.5 Å². The maximum atomic E-state index is 12.3. The Labute approximate surface area is 128 Å². The first-order valence-electron chi connectivity index (χ1n) is 6.98. The van der Waals surface area contributed by atoms with E-state index >= 15 is 0 Å². The number of hydrogen-bond donors (Lipinski definition) is 1. The van der Waals surface area contributed by atoms with Crippen molar-refractivity contribution < 1.29 is 9.72 Å². The van der Waals surface area contributed by atoms with Gasteiger partial charge in [-0.25, -0.2) is 0 Å². The number of piperidine rings is 1. The van der Waals surface area contributed by atoms with Crippen molar-refractivity contribution >= 4 is 23.2 Å². The molecule has 0 atom stereocenters. The van der Waals surface area contributed by atoms with Gasteiger partial charge >= 0.3 is 0 Å². The standard InChI is InChI=1S/C14H18ClN3O3/c1-2-17-7-5-11(6-8-17)16-14(19)12-9-10(15)3-4-13(12)18(20)21/h3-4,9,11H,2,5-8H2,1H3,(H,16,19). The zero-order valence-corrected chi connectivity index (χ0v) is 12.6. The minimum absolute atomic E-state index is 0.0189. The van der Waals surface area contributed by atoms with Crippen LogP contribution >= 0.6 is 11.6 Å². The lowest BCUT2D eigenvalue weighted by molar-refractivity contribution is -0.385. The zero-order chi connectivity index (χ0) is 15.4. The molecule has 0 aliphatic carbocycles. The number of likely N-dealkylation sites (tertiary alicyclic amines) is 1. The van der Waals surface area contributed by atoms with Crippen LogP contribution in [-0.2, 0) is 0 Å². The van der Waals surface area contributed by atoms with Crippen molar-refractivity contribution in [3.63, 3.8) is 0 Å². The van der Waals surface area contributed by atoms with E-state index in [9.17, 15) is 14.9 Å². The van der Waals surface area contributed by atoms with Gasteiger partial charge in [-0.2, -0.15) is 0 Å². The van der Waals surface area contributed by atoms with Crippen LogP contribution in [0.25, 0.3) is 0 Å². The van der Waals surface area contributed by atoms with Gasteiger partial charge in [-0.3, -0.25) is 14.9 Å². The van der Waals surface area contributed by atoms with E-state index in [1.54, 1.807) is 0 Å². The number of carbonyl (C=O) groups is 1. The van der Waals surface area contributed by atoms with Crippen molar-refractivity contribution in [3.05, 3.63) is 38.9 Å². The largest absolute Gasteiger partial charge is 0.349 e. The third-order valence-electron chi connectivity index (χ3n) is 3.77. The summed E-state index contributed by atoms with van der Waals surface area (Å²) >= 11 is 5.84. The molecule has 1 aliphatic rings. The Morgan fingerprint density at radius 1 is 1.48 bits per heavy atom. The number of nitrogens with zero attached hydrogens (tertiary/aromatic N) is 2. The summed E-state index contributed by atoms with van der Waals surface area (Å²) in [5, 5.41) is 14.2. The Morgan fingerprint density at radius 2 is 2.14 bits per heavy atom. The van der Waals surface area contributed by atoms with Gasteiger partial charge in [-0.05, 0) is 31.5 Å². The topological polar surface area (TPSA) is 75.5 Å². The molecule has 0 radical (unpaired) electrons. The molecule has 0 saturated carbocycles.